The molecule has 1 aliphatic rings. The minimum Gasteiger partial charge on any atom is -0.299 e. The fraction of sp³-hybridized carbons (Fsp3) is 0.375. The number of nitrogens with zero attached hydrogens (tertiary/aromatic N) is 1. The summed E-state index contributed by atoms with van der Waals surface area (Å²) in [5.74, 6) is 0. The van der Waals surface area contributed by atoms with Gasteiger partial charge in [-0.25, -0.2) is 0 Å². The van der Waals surface area contributed by atoms with E-state index in [9.17, 15) is 0 Å². The number of rotatable bonds is 1. The topological polar surface area (TPSA) is 0 Å². The molecule has 0 N–H and O–H groups in total. The van der Waals surface area contributed by atoms with Gasteiger partial charge in [0.25, 0.3) is 0 Å². The largest absolute Gasteiger partial charge is 0.299 e. The minimum atomic E-state index is 0.910. The van der Waals surface area contributed by atoms with E-state index in [4.69, 9.17) is 0 Å². The van der Waals surface area contributed by atoms with Crippen LogP contribution in [0.4, 0.5) is 0 Å². The van der Waals surface area contributed by atoms with Gasteiger partial charge in [0.2, 0.25) is 0 Å². The molecule has 0 bridgehead atoms. The predicted molar refractivity (Wildman–Crippen MR) is 39.6 cm³/mol. The van der Waals surface area contributed by atoms with Crippen molar-refractivity contribution in [2.45, 2.75) is 0 Å². The molecular weight excluding hydrogens is 110 g/mol. The summed E-state index contributed by atoms with van der Waals surface area (Å²) < 4.78 is 0.910. The van der Waals surface area contributed by atoms with Gasteiger partial charge in [0.15, 0.2) is 0 Å². The molecule has 0 atom stereocenters. The lowest BCUT2D eigenvalue weighted by molar-refractivity contribution is -0.828. The zero-order valence-corrected chi connectivity index (χ0v) is 6.26. The molecule has 0 aromatic rings. The van der Waals surface area contributed by atoms with Gasteiger partial charge in [0, 0.05) is 6.42 Å². The molecule has 1 radical (unpaired) electrons. The third kappa shape index (κ3) is 1.42. The maximum absolute atomic E-state index is 2.16. The molecule has 1 aliphatic carbocycles. The molecule has 0 aromatic heterocycles. The summed E-state index contributed by atoms with van der Waals surface area (Å²) >= 11 is 0. The van der Waals surface area contributed by atoms with E-state index < -0.39 is 0 Å². The Kier molecular flexibility index (Phi) is 1.45. The van der Waals surface area contributed by atoms with Crippen molar-refractivity contribution in [3.63, 3.8) is 0 Å². The second-order valence-electron chi connectivity index (χ2n) is 3.16. The Morgan fingerprint density at radius 2 is 1.89 bits per heavy atom. The molecular formula is C8H13N+. The lowest BCUT2D eigenvalue weighted by Gasteiger charge is -2.22. The van der Waals surface area contributed by atoms with Crippen molar-refractivity contribution >= 4 is 0 Å². The van der Waals surface area contributed by atoms with Crippen LogP contribution in [0, 0.1) is 6.42 Å². The highest BCUT2D eigenvalue weighted by atomic mass is 15.3. The summed E-state index contributed by atoms with van der Waals surface area (Å²) in [6.45, 7) is 0. The molecule has 0 amide bonds. The van der Waals surface area contributed by atoms with Crippen LogP contribution in [0.3, 0.4) is 0 Å². The lowest BCUT2D eigenvalue weighted by Crippen LogP contribution is -2.31. The van der Waals surface area contributed by atoms with E-state index in [1.165, 1.54) is 5.70 Å². The molecule has 0 saturated carbocycles. The van der Waals surface area contributed by atoms with Crippen LogP contribution < -0.4 is 0 Å². The van der Waals surface area contributed by atoms with Crippen molar-refractivity contribution in [2.75, 3.05) is 21.1 Å². The van der Waals surface area contributed by atoms with Crippen LogP contribution in [0.25, 0.3) is 0 Å². The van der Waals surface area contributed by atoms with E-state index in [2.05, 4.69) is 45.8 Å². The normalized spacial score (nSPS) is 18.3. The number of quaternary nitrogens is 1. The third-order valence-electron chi connectivity index (χ3n) is 1.42. The third-order valence-corrected chi connectivity index (χ3v) is 1.42. The average molecular weight is 123 g/mol. The van der Waals surface area contributed by atoms with Crippen molar-refractivity contribution < 1.29 is 4.48 Å². The monoisotopic (exact) mass is 123 g/mol. The molecule has 0 fully saturated rings. The smallest absolute Gasteiger partial charge is 0.128 e. The van der Waals surface area contributed by atoms with Crippen molar-refractivity contribution in [3.8, 4) is 0 Å². The van der Waals surface area contributed by atoms with Crippen molar-refractivity contribution in [3.05, 3.63) is 30.3 Å². The van der Waals surface area contributed by atoms with Gasteiger partial charge in [-0.2, -0.15) is 0 Å². The van der Waals surface area contributed by atoms with E-state index >= 15 is 0 Å². The van der Waals surface area contributed by atoms with Gasteiger partial charge >= 0.3 is 0 Å². The Morgan fingerprint density at radius 3 is 2.11 bits per heavy atom. The fourth-order valence-corrected chi connectivity index (χ4v) is 0.811. The van der Waals surface area contributed by atoms with E-state index in [1.54, 1.807) is 0 Å². The number of likely N-dealkylation sites (N-methyl/N-ethyl adjacent to an activating group) is 1. The van der Waals surface area contributed by atoms with Gasteiger partial charge in [-0.15, -0.1) is 0 Å². The molecule has 9 heavy (non-hydrogen) atoms. The number of hydrogen-bond acceptors (Lipinski definition) is 0. The van der Waals surface area contributed by atoms with Crippen LogP contribution in [-0.2, 0) is 0 Å². The first-order chi connectivity index (χ1) is 4.11. The summed E-state index contributed by atoms with van der Waals surface area (Å²) in [6.07, 6.45) is 8.41. The molecule has 0 unspecified atom stereocenters. The maximum atomic E-state index is 2.16. The summed E-state index contributed by atoms with van der Waals surface area (Å²) in [7, 11) is 6.49. The average Bonchev–Trinajstić information content (AvgIpc) is 2.08. The van der Waals surface area contributed by atoms with E-state index in [1.807, 2.05) is 0 Å². The minimum absolute atomic E-state index is 0.910. The standard InChI is InChI=1S/C8H13N/c1-9(2,3)8-6-4-5-7-8/h4-7H,1-3H3/q+1. The van der Waals surface area contributed by atoms with Gasteiger partial charge in [-0.3, -0.25) is 4.48 Å². The Bertz CT molecular complexity index is 158. The number of hydrogen-bond donors (Lipinski definition) is 0. The lowest BCUT2D eigenvalue weighted by atomic mass is 10.4. The van der Waals surface area contributed by atoms with Gasteiger partial charge in [0.1, 0.15) is 5.70 Å². The maximum Gasteiger partial charge on any atom is 0.128 e. The van der Waals surface area contributed by atoms with Crippen LogP contribution in [-0.4, -0.2) is 25.6 Å². The summed E-state index contributed by atoms with van der Waals surface area (Å²) in [5, 5.41) is 0. The molecule has 1 heteroatoms. The van der Waals surface area contributed by atoms with E-state index in [0.29, 0.717) is 0 Å². The van der Waals surface area contributed by atoms with Gasteiger partial charge < -0.3 is 0 Å². The molecule has 0 aromatic carbocycles. The van der Waals surface area contributed by atoms with Crippen molar-refractivity contribution in [2.24, 2.45) is 0 Å². The van der Waals surface area contributed by atoms with Crippen LogP contribution in [0.1, 0.15) is 0 Å². The quantitative estimate of drug-likeness (QED) is 0.462. The second kappa shape index (κ2) is 1.99. The van der Waals surface area contributed by atoms with Gasteiger partial charge in [-0.1, -0.05) is 6.08 Å². The molecule has 0 aliphatic heterocycles. The first-order valence-corrected chi connectivity index (χ1v) is 3.14. The molecule has 1 rings (SSSR count). The second-order valence-corrected chi connectivity index (χ2v) is 3.16. The molecule has 0 spiro atoms. The first-order valence-electron chi connectivity index (χ1n) is 3.14. The van der Waals surface area contributed by atoms with Gasteiger partial charge in [0.05, 0.1) is 21.1 Å². The first kappa shape index (κ1) is 6.56. The summed E-state index contributed by atoms with van der Waals surface area (Å²) in [6, 6.07) is 0. The highest BCUT2D eigenvalue weighted by Crippen LogP contribution is 2.14. The Balaban J connectivity index is 2.73. The van der Waals surface area contributed by atoms with Crippen LogP contribution >= 0.6 is 0 Å². The molecule has 0 heterocycles. The van der Waals surface area contributed by atoms with Crippen LogP contribution in [0.2, 0.25) is 0 Å². The Hall–Kier alpha value is -0.560. The zero-order chi connectivity index (χ0) is 6.91. The highest BCUT2D eigenvalue weighted by Gasteiger charge is 2.14. The zero-order valence-electron chi connectivity index (χ0n) is 6.26. The highest BCUT2D eigenvalue weighted by molar-refractivity contribution is 5.29. The molecule has 49 valence electrons. The SMILES string of the molecule is C[N+](C)(C)C1=C[CH]C=C1. The van der Waals surface area contributed by atoms with Crippen LogP contribution in [0.5, 0.6) is 0 Å². The van der Waals surface area contributed by atoms with E-state index in [-0.39, 0.29) is 0 Å². The molecule has 1 nitrogen and oxygen atoms in total. The Labute approximate surface area is 56.9 Å². The fourth-order valence-electron chi connectivity index (χ4n) is 0.811. The predicted octanol–water partition coefficient (Wildman–Crippen LogP) is 1.35. The van der Waals surface area contributed by atoms with Crippen LogP contribution in [0.15, 0.2) is 23.9 Å². The van der Waals surface area contributed by atoms with E-state index in [0.717, 1.165) is 4.48 Å². The van der Waals surface area contributed by atoms with Crippen molar-refractivity contribution in [1.82, 2.24) is 0 Å². The van der Waals surface area contributed by atoms with Crippen molar-refractivity contribution in [1.29, 1.82) is 0 Å². The Morgan fingerprint density at radius 1 is 1.22 bits per heavy atom. The summed E-state index contributed by atoms with van der Waals surface area (Å²) in [5.41, 5.74) is 1.36. The molecule has 0 saturated heterocycles. The summed E-state index contributed by atoms with van der Waals surface area (Å²) in [4.78, 5) is 0. The number of allylic oxidation sites excluding steroid dienone is 3. The van der Waals surface area contributed by atoms with Gasteiger partial charge in [-0.05, 0) is 12.2 Å².